The van der Waals surface area contributed by atoms with E-state index in [2.05, 4.69) is 15.6 Å². The van der Waals surface area contributed by atoms with Gasteiger partial charge in [0.15, 0.2) is 5.69 Å². The number of carbonyl (C=O) groups is 1. The molecular formula is C19H18N4O3. The number of hydrogen-bond acceptors (Lipinski definition) is 5. The van der Waals surface area contributed by atoms with Crippen LogP contribution in [0.25, 0.3) is 10.8 Å². The first-order valence-corrected chi connectivity index (χ1v) is 8.11. The van der Waals surface area contributed by atoms with Crippen molar-refractivity contribution in [3.05, 3.63) is 70.1 Å². The second-order valence-corrected chi connectivity index (χ2v) is 5.49. The number of hydrazone groups is 1. The number of nitrogens with zero attached hydrogens (tertiary/aromatic N) is 3. The van der Waals surface area contributed by atoms with Crippen molar-refractivity contribution in [2.75, 3.05) is 7.11 Å². The van der Waals surface area contributed by atoms with E-state index >= 15 is 0 Å². The molecule has 1 amide bonds. The van der Waals surface area contributed by atoms with Crippen LogP contribution in [-0.2, 0) is 6.54 Å². The quantitative estimate of drug-likeness (QED) is 0.564. The normalized spacial score (nSPS) is 11.0. The number of hydrogen-bond donors (Lipinski definition) is 1. The molecule has 1 N–H and O–H groups in total. The Morgan fingerprint density at radius 3 is 2.54 bits per heavy atom. The number of fused-ring (bicyclic) bond motifs is 1. The van der Waals surface area contributed by atoms with Gasteiger partial charge in [-0.2, -0.15) is 10.2 Å². The van der Waals surface area contributed by atoms with Gasteiger partial charge in [-0.1, -0.05) is 18.2 Å². The van der Waals surface area contributed by atoms with Gasteiger partial charge < -0.3 is 4.74 Å². The maximum atomic E-state index is 12.5. The number of ether oxygens (including phenoxy) is 1. The van der Waals surface area contributed by atoms with Crippen molar-refractivity contribution in [2.24, 2.45) is 5.10 Å². The van der Waals surface area contributed by atoms with E-state index in [0.29, 0.717) is 17.3 Å². The topological polar surface area (TPSA) is 85.6 Å². The van der Waals surface area contributed by atoms with Gasteiger partial charge in [-0.25, -0.2) is 10.1 Å². The summed E-state index contributed by atoms with van der Waals surface area (Å²) in [6, 6.07) is 14.1. The van der Waals surface area contributed by atoms with Crippen LogP contribution in [0, 0.1) is 0 Å². The van der Waals surface area contributed by atoms with Crippen molar-refractivity contribution in [3.8, 4) is 5.75 Å². The summed E-state index contributed by atoms with van der Waals surface area (Å²) in [6.45, 7) is 2.17. The molecule has 0 saturated carbocycles. The van der Waals surface area contributed by atoms with Crippen LogP contribution in [-0.4, -0.2) is 29.0 Å². The smallest absolute Gasteiger partial charge is 0.292 e. The second kappa shape index (κ2) is 7.60. The lowest BCUT2D eigenvalue weighted by Gasteiger charge is -2.08. The Morgan fingerprint density at radius 1 is 1.19 bits per heavy atom. The molecule has 0 saturated heterocycles. The first-order valence-electron chi connectivity index (χ1n) is 8.11. The van der Waals surface area contributed by atoms with Crippen LogP contribution in [0.4, 0.5) is 0 Å². The number of carbonyl (C=O) groups excluding carboxylic acids is 1. The van der Waals surface area contributed by atoms with Gasteiger partial charge >= 0.3 is 0 Å². The van der Waals surface area contributed by atoms with Crippen LogP contribution >= 0.6 is 0 Å². The third-order valence-electron chi connectivity index (χ3n) is 3.88. The fraction of sp³-hybridized carbons (Fsp3) is 0.158. The molecule has 26 heavy (non-hydrogen) atoms. The van der Waals surface area contributed by atoms with Crippen molar-refractivity contribution < 1.29 is 9.53 Å². The van der Waals surface area contributed by atoms with E-state index in [0.717, 1.165) is 11.3 Å². The van der Waals surface area contributed by atoms with E-state index in [1.165, 1.54) is 10.9 Å². The van der Waals surface area contributed by atoms with Crippen molar-refractivity contribution >= 4 is 22.9 Å². The molecule has 0 fully saturated rings. The molecule has 0 atom stereocenters. The fourth-order valence-corrected chi connectivity index (χ4v) is 2.53. The second-order valence-electron chi connectivity index (χ2n) is 5.49. The summed E-state index contributed by atoms with van der Waals surface area (Å²) in [5.74, 6) is 0.261. The van der Waals surface area contributed by atoms with E-state index in [1.807, 2.05) is 12.1 Å². The van der Waals surface area contributed by atoms with Gasteiger partial charge in [-0.05, 0) is 42.8 Å². The van der Waals surface area contributed by atoms with Gasteiger partial charge in [-0.15, -0.1) is 0 Å². The number of nitrogens with one attached hydrogen (secondary N) is 1. The largest absolute Gasteiger partial charge is 0.497 e. The SMILES string of the molecule is CCn1nc(C(=O)N/N=C/c2ccc(OC)cc2)c2ccccc2c1=O. The number of aromatic nitrogens is 2. The van der Waals surface area contributed by atoms with Crippen LogP contribution in [0.15, 0.2) is 58.4 Å². The summed E-state index contributed by atoms with van der Waals surface area (Å²) in [7, 11) is 1.59. The fourth-order valence-electron chi connectivity index (χ4n) is 2.53. The molecular weight excluding hydrogens is 332 g/mol. The summed E-state index contributed by atoms with van der Waals surface area (Å²) < 4.78 is 6.36. The molecule has 132 valence electrons. The van der Waals surface area contributed by atoms with E-state index in [-0.39, 0.29) is 11.3 Å². The predicted octanol–water partition coefficient (Wildman–Crippen LogP) is 2.19. The van der Waals surface area contributed by atoms with Crippen LogP contribution in [0.5, 0.6) is 5.75 Å². The molecule has 0 spiro atoms. The molecule has 3 rings (SSSR count). The molecule has 0 aliphatic carbocycles. The summed E-state index contributed by atoms with van der Waals surface area (Å²) in [5, 5.41) is 9.09. The Labute approximate surface area is 149 Å². The molecule has 0 bridgehead atoms. The van der Waals surface area contributed by atoms with E-state index in [4.69, 9.17) is 4.74 Å². The highest BCUT2D eigenvalue weighted by molar-refractivity contribution is 6.04. The molecule has 0 aliphatic rings. The minimum atomic E-state index is -0.479. The van der Waals surface area contributed by atoms with Crippen LogP contribution < -0.4 is 15.7 Å². The molecule has 7 heteroatoms. The van der Waals surface area contributed by atoms with Gasteiger partial charge in [-0.3, -0.25) is 9.59 Å². The summed E-state index contributed by atoms with van der Waals surface area (Å²) in [5.41, 5.74) is 3.21. The lowest BCUT2D eigenvalue weighted by Crippen LogP contribution is -2.28. The Kier molecular flexibility index (Phi) is 5.07. The maximum absolute atomic E-state index is 12.5. The Bertz CT molecular complexity index is 1020. The van der Waals surface area contributed by atoms with Gasteiger partial charge in [0.05, 0.1) is 18.7 Å². The number of amides is 1. The Balaban J connectivity index is 1.86. The summed E-state index contributed by atoms with van der Waals surface area (Å²) >= 11 is 0. The minimum absolute atomic E-state index is 0.161. The summed E-state index contributed by atoms with van der Waals surface area (Å²) in [4.78, 5) is 24.8. The maximum Gasteiger partial charge on any atom is 0.292 e. The van der Waals surface area contributed by atoms with Crippen molar-refractivity contribution in [1.82, 2.24) is 15.2 Å². The molecule has 0 unspecified atom stereocenters. The first-order chi connectivity index (χ1) is 12.6. The van der Waals surface area contributed by atoms with Crippen LogP contribution in [0.1, 0.15) is 23.0 Å². The van der Waals surface area contributed by atoms with Gasteiger partial charge in [0, 0.05) is 11.9 Å². The highest BCUT2D eigenvalue weighted by Crippen LogP contribution is 2.13. The lowest BCUT2D eigenvalue weighted by molar-refractivity contribution is 0.0949. The molecule has 7 nitrogen and oxygen atoms in total. The van der Waals surface area contributed by atoms with E-state index in [1.54, 1.807) is 50.4 Å². The number of methoxy groups -OCH3 is 1. The average molecular weight is 350 g/mol. The first kappa shape index (κ1) is 17.3. The molecule has 2 aromatic carbocycles. The number of aryl methyl sites for hydroxylation is 1. The molecule has 0 radical (unpaired) electrons. The highest BCUT2D eigenvalue weighted by atomic mass is 16.5. The third kappa shape index (κ3) is 3.46. The van der Waals surface area contributed by atoms with Crippen molar-refractivity contribution in [1.29, 1.82) is 0 Å². The standard InChI is InChI=1S/C19H18N4O3/c1-3-23-19(25)16-7-5-4-6-15(16)17(22-23)18(24)21-20-12-13-8-10-14(26-2)11-9-13/h4-12H,3H2,1-2H3,(H,21,24)/b20-12+. The zero-order valence-corrected chi connectivity index (χ0v) is 14.5. The van der Waals surface area contributed by atoms with Gasteiger partial charge in [0.25, 0.3) is 11.5 Å². The van der Waals surface area contributed by atoms with Gasteiger partial charge in [0.1, 0.15) is 5.75 Å². The lowest BCUT2D eigenvalue weighted by atomic mass is 10.1. The Hall–Kier alpha value is -3.48. The van der Waals surface area contributed by atoms with Crippen molar-refractivity contribution in [3.63, 3.8) is 0 Å². The van der Waals surface area contributed by atoms with Crippen LogP contribution in [0.2, 0.25) is 0 Å². The third-order valence-corrected chi connectivity index (χ3v) is 3.88. The van der Waals surface area contributed by atoms with E-state index < -0.39 is 5.91 Å². The molecule has 0 aliphatic heterocycles. The van der Waals surface area contributed by atoms with Gasteiger partial charge in [0.2, 0.25) is 0 Å². The molecule has 1 heterocycles. The zero-order chi connectivity index (χ0) is 18.5. The molecule has 1 aromatic heterocycles. The molecule has 3 aromatic rings. The predicted molar refractivity (Wildman–Crippen MR) is 99.7 cm³/mol. The zero-order valence-electron chi connectivity index (χ0n) is 14.5. The number of rotatable bonds is 5. The monoisotopic (exact) mass is 350 g/mol. The number of benzene rings is 2. The Morgan fingerprint density at radius 2 is 1.88 bits per heavy atom. The summed E-state index contributed by atoms with van der Waals surface area (Å²) in [6.07, 6.45) is 1.52. The minimum Gasteiger partial charge on any atom is -0.497 e. The van der Waals surface area contributed by atoms with E-state index in [9.17, 15) is 9.59 Å². The average Bonchev–Trinajstić information content (AvgIpc) is 2.69. The van der Waals surface area contributed by atoms with Crippen LogP contribution in [0.3, 0.4) is 0 Å². The van der Waals surface area contributed by atoms with Crippen molar-refractivity contribution in [2.45, 2.75) is 13.5 Å². The highest BCUT2D eigenvalue weighted by Gasteiger charge is 2.15.